The van der Waals surface area contributed by atoms with Crippen LogP contribution in [0.25, 0.3) is 27.8 Å². The summed E-state index contributed by atoms with van der Waals surface area (Å²) in [5.74, 6) is 0.334. The zero-order chi connectivity index (χ0) is 29.4. The molecule has 0 saturated carbocycles. The normalized spacial score (nSPS) is 14.9. The smallest absolute Gasteiger partial charge is 0.242 e. The molecule has 1 aliphatic rings. The van der Waals surface area contributed by atoms with Gasteiger partial charge in [0, 0.05) is 30.4 Å². The largest absolute Gasteiger partial charge is 0.508 e. The first-order chi connectivity index (χ1) is 20.3. The van der Waals surface area contributed by atoms with E-state index in [1.807, 2.05) is 19.2 Å². The van der Waals surface area contributed by atoms with Crippen LogP contribution >= 0.6 is 0 Å². The number of hydrogen-bond donors (Lipinski definition) is 2. The number of likely N-dealkylation sites (tertiary alicyclic amines) is 1. The first-order valence-electron chi connectivity index (χ1n) is 14.1. The number of anilines is 1. The van der Waals surface area contributed by atoms with Gasteiger partial charge in [-0.15, -0.1) is 0 Å². The number of piperidine rings is 1. The number of fused-ring (bicyclic) bond motifs is 2. The summed E-state index contributed by atoms with van der Waals surface area (Å²) in [6.45, 7) is 5.87. The van der Waals surface area contributed by atoms with Crippen LogP contribution in [0.15, 0.2) is 36.8 Å². The Morgan fingerprint density at radius 3 is 2.71 bits per heavy atom. The van der Waals surface area contributed by atoms with Gasteiger partial charge in [-0.05, 0) is 77.1 Å². The summed E-state index contributed by atoms with van der Waals surface area (Å²) >= 11 is 0. The third-order valence-electron chi connectivity index (χ3n) is 7.88. The number of rotatable bonds is 9. The van der Waals surface area contributed by atoms with Crippen LogP contribution in [0.5, 0.6) is 11.6 Å². The number of nitrogens with two attached hydrogens (primary N) is 1. The second-order valence-corrected chi connectivity index (χ2v) is 11.0. The number of phenolic OH excluding ortho intramolecular Hbond substituents is 1. The molecule has 1 aromatic carbocycles. The molecule has 4 aromatic heterocycles. The van der Waals surface area contributed by atoms with Crippen molar-refractivity contribution in [3.8, 4) is 22.9 Å². The van der Waals surface area contributed by atoms with Gasteiger partial charge in [-0.1, -0.05) is 0 Å². The van der Waals surface area contributed by atoms with Crippen molar-refractivity contribution in [1.29, 1.82) is 0 Å². The molecule has 0 spiro atoms. The van der Waals surface area contributed by atoms with Crippen molar-refractivity contribution >= 4 is 22.4 Å². The number of benzene rings is 1. The SMILES string of the molecule is Cc1ccn2nc(Cn3nc(-c4cc(O)cc(F)c4)c4c(N)ncnc43)nc(OCCCN3CCC(N(C)C)CC3)c12. The average molecular weight is 575 g/mol. The lowest BCUT2D eigenvalue weighted by Crippen LogP contribution is -2.42. The summed E-state index contributed by atoms with van der Waals surface area (Å²) in [6, 6.07) is 6.36. The Labute approximate surface area is 242 Å². The molecule has 1 saturated heterocycles. The highest BCUT2D eigenvalue weighted by Gasteiger charge is 2.22. The Morgan fingerprint density at radius 2 is 1.95 bits per heavy atom. The summed E-state index contributed by atoms with van der Waals surface area (Å²) in [5, 5.41) is 19.8. The van der Waals surface area contributed by atoms with Crippen LogP contribution in [0.3, 0.4) is 0 Å². The fourth-order valence-electron chi connectivity index (χ4n) is 5.65. The van der Waals surface area contributed by atoms with Gasteiger partial charge in [0.2, 0.25) is 5.88 Å². The van der Waals surface area contributed by atoms with Crippen LogP contribution in [-0.4, -0.2) is 95.6 Å². The maximum Gasteiger partial charge on any atom is 0.242 e. The summed E-state index contributed by atoms with van der Waals surface area (Å²) in [5.41, 5.74) is 9.17. The van der Waals surface area contributed by atoms with Crippen molar-refractivity contribution in [3.05, 3.63) is 54.0 Å². The zero-order valence-electron chi connectivity index (χ0n) is 24.0. The third kappa shape index (κ3) is 5.57. The Kier molecular flexibility index (Phi) is 7.60. The second-order valence-electron chi connectivity index (χ2n) is 11.0. The van der Waals surface area contributed by atoms with E-state index < -0.39 is 5.82 Å². The lowest BCUT2D eigenvalue weighted by Gasteiger charge is -2.35. The Morgan fingerprint density at radius 1 is 1.14 bits per heavy atom. The lowest BCUT2D eigenvalue weighted by molar-refractivity contribution is 0.138. The van der Waals surface area contributed by atoms with E-state index in [0.717, 1.165) is 43.2 Å². The molecule has 1 aliphatic heterocycles. The van der Waals surface area contributed by atoms with Gasteiger partial charge >= 0.3 is 0 Å². The van der Waals surface area contributed by atoms with Gasteiger partial charge in [0.1, 0.15) is 41.5 Å². The summed E-state index contributed by atoms with van der Waals surface area (Å²) in [7, 11) is 4.31. The monoisotopic (exact) mass is 574 g/mol. The Hall–Kier alpha value is -4.36. The minimum Gasteiger partial charge on any atom is -0.508 e. The van der Waals surface area contributed by atoms with Crippen LogP contribution < -0.4 is 10.5 Å². The summed E-state index contributed by atoms with van der Waals surface area (Å²) in [4.78, 5) is 18.1. The van der Waals surface area contributed by atoms with Gasteiger partial charge in [-0.3, -0.25) is 0 Å². The van der Waals surface area contributed by atoms with Crippen molar-refractivity contribution < 1.29 is 14.2 Å². The second kappa shape index (κ2) is 11.5. The van der Waals surface area contributed by atoms with E-state index in [-0.39, 0.29) is 18.1 Å². The molecule has 0 bridgehead atoms. The van der Waals surface area contributed by atoms with Gasteiger partial charge in [0.15, 0.2) is 11.5 Å². The van der Waals surface area contributed by atoms with Crippen molar-refractivity contribution in [2.75, 3.05) is 46.1 Å². The molecular weight excluding hydrogens is 539 g/mol. The predicted molar refractivity (Wildman–Crippen MR) is 157 cm³/mol. The maximum atomic E-state index is 14.1. The van der Waals surface area contributed by atoms with Gasteiger partial charge in [-0.25, -0.2) is 23.6 Å². The molecule has 5 heterocycles. The third-order valence-corrected chi connectivity index (χ3v) is 7.88. The molecule has 0 aliphatic carbocycles. The van der Waals surface area contributed by atoms with Crippen LogP contribution in [0.2, 0.25) is 0 Å². The number of halogens is 1. The van der Waals surface area contributed by atoms with E-state index in [1.54, 1.807) is 9.20 Å². The topological polar surface area (TPSA) is 136 Å². The molecule has 13 heteroatoms. The van der Waals surface area contributed by atoms with Crippen molar-refractivity contribution in [2.45, 2.75) is 38.8 Å². The number of phenols is 1. The minimum atomic E-state index is -0.597. The van der Waals surface area contributed by atoms with E-state index >= 15 is 0 Å². The van der Waals surface area contributed by atoms with Gasteiger partial charge in [0.25, 0.3) is 0 Å². The van der Waals surface area contributed by atoms with E-state index in [1.165, 1.54) is 31.3 Å². The van der Waals surface area contributed by atoms with E-state index in [0.29, 0.717) is 46.6 Å². The molecular formula is C29H35FN10O2. The number of aromatic nitrogens is 7. The summed E-state index contributed by atoms with van der Waals surface area (Å²) in [6.07, 6.45) is 6.49. The fourth-order valence-corrected chi connectivity index (χ4v) is 5.65. The lowest BCUT2D eigenvalue weighted by atomic mass is 10.0. The van der Waals surface area contributed by atoms with Crippen LogP contribution in [-0.2, 0) is 6.54 Å². The number of hydrogen-bond acceptors (Lipinski definition) is 10. The highest BCUT2D eigenvalue weighted by molar-refractivity contribution is 5.98. The van der Waals surface area contributed by atoms with E-state index in [4.69, 9.17) is 20.6 Å². The first-order valence-corrected chi connectivity index (χ1v) is 14.1. The highest BCUT2D eigenvalue weighted by atomic mass is 19.1. The quantitative estimate of drug-likeness (QED) is 0.253. The molecule has 0 amide bonds. The standard InChI is InChI=1S/C29H35FN10O2/c1-18-5-11-39-26(18)29(42-12-4-8-38-9-6-21(7-10-38)37(2)3)34-23(35-39)16-40-28-24(27(31)32-17-33-28)25(36-40)19-13-20(30)15-22(41)14-19/h5,11,13-15,17,21,41H,4,6-10,12,16H2,1-3H3,(H2,31,32,33). The van der Waals surface area contributed by atoms with Crippen LogP contribution in [0, 0.1) is 12.7 Å². The van der Waals surface area contributed by atoms with Crippen molar-refractivity contribution in [3.63, 3.8) is 0 Å². The van der Waals surface area contributed by atoms with Gasteiger partial charge < -0.3 is 25.4 Å². The van der Waals surface area contributed by atoms with E-state index in [2.05, 4.69) is 39.0 Å². The number of nitrogen functional groups attached to an aromatic ring is 1. The van der Waals surface area contributed by atoms with Crippen LogP contribution in [0.4, 0.5) is 10.2 Å². The van der Waals surface area contributed by atoms with E-state index in [9.17, 15) is 9.50 Å². The summed E-state index contributed by atoms with van der Waals surface area (Å²) < 4.78 is 23.7. The zero-order valence-corrected chi connectivity index (χ0v) is 24.0. The molecule has 0 unspecified atom stereocenters. The predicted octanol–water partition coefficient (Wildman–Crippen LogP) is 3.11. The average Bonchev–Trinajstić information content (AvgIpc) is 3.52. The molecule has 5 aromatic rings. The first kappa shape index (κ1) is 27.8. The van der Waals surface area contributed by atoms with Gasteiger partial charge in [0.05, 0.1) is 12.0 Å². The van der Waals surface area contributed by atoms with Crippen LogP contribution in [0.1, 0.15) is 30.7 Å². The molecule has 0 atom stereocenters. The number of ether oxygens (including phenoxy) is 1. The molecule has 12 nitrogen and oxygen atoms in total. The number of aryl methyl sites for hydroxylation is 1. The minimum absolute atomic E-state index is 0.151. The Balaban J connectivity index is 1.24. The molecule has 0 radical (unpaired) electrons. The number of nitrogens with zero attached hydrogens (tertiary/aromatic N) is 9. The molecule has 1 fully saturated rings. The molecule has 3 N–H and O–H groups in total. The molecule has 220 valence electrons. The number of aromatic hydroxyl groups is 1. The highest BCUT2D eigenvalue weighted by Crippen LogP contribution is 2.33. The van der Waals surface area contributed by atoms with Crippen molar-refractivity contribution in [1.82, 2.24) is 44.1 Å². The van der Waals surface area contributed by atoms with Gasteiger partial charge in [-0.2, -0.15) is 15.2 Å². The maximum absolute atomic E-state index is 14.1. The molecule has 42 heavy (non-hydrogen) atoms. The van der Waals surface area contributed by atoms with Crippen molar-refractivity contribution in [2.24, 2.45) is 0 Å². The molecule has 6 rings (SSSR count). The Bertz CT molecular complexity index is 1700. The fraction of sp³-hybridized carbons (Fsp3) is 0.414.